The number of benzene rings is 2. The van der Waals surface area contributed by atoms with E-state index in [1.54, 1.807) is 11.8 Å². The molecule has 2 aromatic carbocycles. The number of nitrogens with one attached hydrogen (secondary N) is 1. The van der Waals surface area contributed by atoms with Crippen LogP contribution in [0.15, 0.2) is 48.5 Å². The Morgan fingerprint density at radius 2 is 1.91 bits per heavy atom. The van der Waals surface area contributed by atoms with Crippen molar-refractivity contribution in [1.29, 1.82) is 0 Å². The summed E-state index contributed by atoms with van der Waals surface area (Å²) in [5.74, 6) is 2.04. The van der Waals surface area contributed by atoms with Crippen molar-refractivity contribution in [2.45, 2.75) is 32.6 Å². The molecule has 0 bridgehead atoms. The lowest BCUT2D eigenvalue weighted by Gasteiger charge is -2.11. The van der Waals surface area contributed by atoms with Gasteiger partial charge in [-0.3, -0.25) is 4.79 Å². The average molecular weight is 329 g/mol. The highest BCUT2D eigenvalue weighted by Crippen LogP contribution is 2.19. The molecule has 0 aromatic heterocycles. The largest absolute Gasteiger partial charge is 0.491 e. The van der Waals surface area contributed by atoms with Gasteiger partial charge in [0.25, 0.3) is 0 Å². The van der Waals surface area contributed by atoms with E-state index in [1.165, 1.54) is 11.1 Å². The Balaban J connectivity index is 1.79. The highest BCUT2D eigenvalue weighted by atomic mass is 32.2. The predicted octanol–water partition coefficient (Wildman–Crippen LogP) is 4.65. The van der Waals surface area contributed by atoms with E-state index < -0.39 is 0 Å². The first-order valence-corrected chi connectivity index (χ1v) is 8.88. The van der Waals surface area contributed by atoms with Crippen LogP contribution in [-0.2, 0) is 10.5 Å². The van der Waals surface area contributed by atoms with Gasteiger partial charge in [-0.1, -0.05) is 35.9 Å². The highest BCUT2D eigenvalue weighted by molar-refractivity contribution is 7.99. The minimum Gasteiger partial charge on any atom is -0.491 e. The molecule has 2 rings (SSSR count). The molecular weight excluding hydrogens is 306 g/mol. The number of rotatable bonds is 7. The van der Waals surface area contributed by atoms with E-state index in [2.05, 4.69) is 36.5 Å². The summed E-state index contributed by atoms with van der Waals surface area (Å²) < 4.78 is 5.63. The van der Waals surface area contributed by atoms with Crippen molar-refractivity contribution < 1.29 is 9.53 Å². The van der Waals surface area contributed by atoms with Gasteiger partial charge in [-0.05, 0) is 38.5 Å². The van der Waals surface area contributed by atoms with E-state index in [0.29, 0.717) is 5.75 Å². The third-order valence-electron chi connectivity index (χ3n) is 3.11. The Morgan fingerprint density at radius 3 is 2.61 bits per heavy atom. The second-order valence-corrected chi connectivity index (χ2v) is 6.71. The lowest BCUT2D eigenvalue weighted by Crippen LogP contribution is -2.14. The molecule has 0 unspecified atom stereocenters. The van der Waals surface area contributed by atoms with Crippen LogP contribution in [0.4, 0.5) is 5.69 Å². The van der Waals surface area contributed by atoms with E-state index in [0.717, 1.165) is 17.2 Å². The molecule has 0 saturated heterocycles. The normalized spacial score (nSPS) is 10.6. The smallest absolute Gasteiger partial charge is 0.234 e. The van der Waals surface area contributed by atoms with Crippen LogP contribution in [0.5, 0.6) is 5.75 Å². The topological polar surface area (TPSA) is 38.3 Å². The first-order chi connectivity index (χ1) is 11.0. The van der Waals surface area contributed by atoms with E-state index >= 15 is 0 Å². The number of aryl methyl sites for hydroxylation is 1. The molecule has 2 aromatic rings. The van der Waals surface area contributed by atoms with Crippen molar-refractivity contribution in [3.05, 3.63) is 59.7 Å². The molecule has 3 nitrogen and oxygen atoms in total. The standard InChI is InChI=1S/C19H23NO2S/c1-14(2)22-18-6-4-5-17(11-18)20-19(21)13-23-12-16-9-7-15(3)8-10-16/h4-11,14H,12-13H2,1-3H3,(H,20,21). The van der Waals surface area contributed by atoms with Gasteiger partial charge in [0.1, 0.15) is 5.75 Å². The number of ether oxygens (including phenoxy) is 1. The van der Waals surface area contributed by atoms with Crippen molar-refractivity contribution in [2.24, 2.45) is 0 Å². The van der Waals surface area contributed by atoms with Crippen LogP contribution >= 0.6 is 11.8 Å². The van der Waals surface area contributed by atoms with Crippen LogP contribution in [-0.4, -0.2) is 17.8 Å². The number of anilines is 1. The Labute approximate surface area is 142 Å². The van der Waals surface area contributed by atoms with Gasteiger partial charge in [-0.2, -0.15) is 0 Å². The minimum absolute atomic E-state index is 0.00353. The number of carbonyl (C=O) groups excluding carboxylic acids is 1. The van der Waals surface area contributed by atoms with E-state index in [4.69, 9.17) is 4.74 Å². The fourth-order valence-electron chi connectivity index (χ4n) is 2.06. The van der Waals surface area contributed by atoms with Gasteiger partial charge in [0.05, 0.1) is 11.9 Å². The van der Waals surface area contributed by atoms with Crippen LogP contribution in [0.25, 0.3) is 0 Å². The zero-order chi connectivity index (χ0) is 16.7. The summed E-state index contributed by atoms with van der Waals surface area (Å²) in [7, 11) is 0. The van der Waals surface area contributed by atoms with Gasteiger partial charge < -0.3 is 10.1 Å². The van der Waals surface area contributed by atoms with Crippen molar-refractivity contribution >= 4 is 23.4 Å². The summed E-state index contributed by atoms with van der Waals surface area (Å²) in [5, 5.41) is 2.91. The van der Waals surface area contributed by atoms with E-state index in [9.17, 15) is 4.79 Å². The van der Waals surface area contributed by atoms with E-state index in [-0.39, 0.29) is 12.0 Å². The maximum absolute atomic E-state index is 12.0. The Morgan fingerprint density at radius 1 is 1.17 bits per heavy atom. The van der Waals surface area contributed by atoms with Crippen LogP contribution in [0, 0.1) is 6.92 Å². The molecule has 122 valence electrons. The number of hydrogen-bond donors (Lipinski definition) is 1. The minimum atomic E-state index is 0.00353. The lowest BCUT2D eigenvalue weighted by atomic mass is 10.2. The lowest BCUT2D eigenvalue weighted by molar-refractivity contribution is -0.113. The average Bonchev–Trinajstić information content (AvgIpc) is 2.49. The molecule has 0 saturated carbocycles. The molecule has 1 N–H and O–H groups in total. The summed E-state index contributed by atoms with van der Waals surface area (Å²) in [6.45, 7) is 6.03. The predicted molar refractivity (Wildman–Crippen MR) is 98.2 cm³/mol. The van der Waals surface area contributed by atoms with Gasteiger partial charge in [0.2, 0.25) is 5.91 Å². The third kappa shape index (κ3) is 6.37. The molecule has 1 amide bonds. The molecule has 0 aliphatic heterocycles. The van der Waals surface area contributed by atoms with Crippen molar-refractivity contribution in [3.63, 3.8) is 0 Å². The second kappa shape index (κ2) is 8.63. The number of hydrogen-bond acceptors (Lipinski definition) is 3. The first-order valence-electron chi connectivity index (χ1n) is 7.73. The fourth-order valence-corrected chi connectivity index (χ4v) is 2.85. The van der Waals surface area contributed by atoms with Gasteiger partial charge >= 0.3 is 0 Å². The van der Waals surface area contributed by atoms with Crippen LogP contribution in [0.3, 0.4) is 0 Å². The summed E-state index contributed by atoms with van der Waals surface area (Å²) in [5.41, 5.74) is 3.25. The van der Waals surface area contributed by atoms with E-state index in [1.807, 2.05) is 38.1 Å². The molecule has 0 aliphatic rings. The van der Waals surface area contributed by atoms with Gasteiger partial charge in [0, 0.05) is 17.5 Å². The molecule has 0 spiro atoms. The summed E-state index contributed by atoms with van der Waals surface area (Å²) in [6.07, 6.45) is 0.117. The highest BCUT2D eigenvalue weighted by Gasteiger charge is 2.05. The molecule has 23 heavy (non-hydrogen) atoms. The Bertz CT molecular complexity index is 638. The Kier molecular flexibility index (Phi) is 6.53. The molecule has 0 atom stereocenters. The Hall–Kier alpha value is -1.94. The fraction of sp³-hybridized carbons (Fsp3) is 0.316. The summed E-state index contributed by atoms with van der Waals surface area (Å²) in [4.78, 5) is 12.0. The zero-order valence-electron chi connectivity index (χ0n) is 13.8. The molecule has 0 aliphatic carbocycles. The zero-order valence-corrected chi connectivity index (χ0v) is 14.7. The maximum atomic E-state index is 12.0. The monoisotopic (exact) mass is 329 g/mol. The van der Waals surface area contributed by atoms with Gasteiger partial charge in [0.15, 0.2) is 0 Å². The quantitative estimate of drug-likeness (QED) is 0.803. The van der Waals surface area contributed by atoms with Gasteiger partial charge in [-0.15, -0.1) is 11.8 Å². The van der Waals surface area contributed by atoms with Crippen LogP contribution in [0.2, 0.25) is 0 Å². The number of thioether (sulfide) groups is 1. The maximum Gasteiger partial charge on any atom is 0.234 e. The first kappa shape index (κ1) is 17.4. The van der Waals surface area contributed by atoms with Crippen molar-refractivity contribution in [1.82, 2.24) is 0 Å². The summed E-state index contributed by atoms with van der Waals surface area (Å²) >= 11 is 1.61. The van der Waals surface area contributed by atoms with Gasteiger partial charge in [-0.25, -0.2) is 0 Å². The van der Waals surface area contributed by atoms with Crippen LogP contribution in [0.1, 0.15) is 25.0 Å². The molecule has 0 fully saturated rings. The third-order valence-corrected chi connectivity index (χ3v) is 4.12. The SMILES string of the molecule is Cc1ccc(CSCC(=O)Nc2cccc(OC(C)C)c2)cc1. The second-order valence-electron chi connectivity index (χ2n) is 5.72. The van der Waals surface area contributed by atoms with Crippen molar-refractivity contribution in [3.8, 4) is 5.75 Å². The molecule has 0 radical (unpaired) electrons. The summed E-state index contributed by atoms with van der Waals surface area (Å²) in [6, 6.07) is 15.9. The molecular formula is C19H23NO2S. The van der Waals surface area contributed by atoms with Crippen LogP contribution < -0.4 is 10.1 Å². The van der Waals surface area contributed by atoms with Crippen molar-refractivity contribution in [2.75, 3.05) is 11.1 Å². The molecule has 0 heterocycles. The number of amides is 1. The molecule has 4 heteroatoms. The number of carbonyl (C=O) groups is 1.